The van der Waals surface area contributed by atoms with E-state index < -0.39 is 6.04 Å². The predicted octanol–water partition coefficient (Wildman–Crippen LogP) is 1.78. The smallest absolute Gasteiger partial charge is 0.255 e. The number of carbonyl (C=O) groups is 3. The highest BCUT2D eigenvalue weighted by molar-refractivity contribution is 6.05. The van der Waals surface area contributed by atoms with E-state index >= 15 is 0 Å². The first kappa shape index (κ1) is 18.9. The van der Waals surface area contributed by atoms with Crippen LogP contribution in [-0.2, 0) is 16.1 Å². The Labute approximate surface area is 165 Å². The van der Waals surface area contributed by atoms with Crippen molar-refractivity contribution in [3.63, 3.8) is 0 Å². The Bertz CT molecular complexity index is 792. The largest absolute Gasteiger partial charge is 0.381 e. The van der Waals surface area contributed by atoms with Gasteiger partial charge in [-0.25, -0.2) is 0 Å². The van der Waals surface area contributed by atoms with E-state index in [0.29, 0.717) is 30.6 Å². The summed E-state index contributed by atoms with van der Waals surface area (Å²) in [5.41, 5.74) is 2.61. The van der Waals surface area contributed by atoms with E-state index in [2.05, 4.69) is 22.9 Å². The molecule has 4 rings (SSSR count). The molecule has 28 heavy (non-hydrogen) atoms. The molecule has 1 aromatic carbocycles. The number of rotatable bonds is 5. The number of hydrogen-bond donors (Lipinski definition) is 3. The minimum absolute atomic E-state index is 0.126. The summed E-state index contributed by atoms with van der Waals surface area (Å²) in [5, 5.41) is 9.57. The summed E-state index contributed by atoms with van der Waals surface area (Å²) in [7, 11) is 0. The molecule has 2 aliphatic heterocycles. The molecule has 2 heterocycles. The third-order valence-corrected chi connectivity index (χ3v) is 6.11. The van der Waals surface area contributed by atoms with Gasteiger partial charge in [-0.2, -0.15) is 0 Å². The molecule has 7 nitrogen and oxygen atoms in total. The Hall–Kier alpha value is -2.41. The lowest BCUT2D eigenvalue weighted by Gasteiger charge is -2.33. The molecule has 3 aliphatic rings. The van der Waals surface area contributed by atoms with Gasteiger partial charge in [0.25, 0.3) is 5.91 Å². The predicted molar refractivity (Wildman–Crippen MR) is 106 cm³/mol. The average Bonchev–Trinajstić information content (AvgIpc) is 2.99. The number of nitrogens with zero attached hydrogens (tertiary/aromatic N) is 1. The molecule has 0 spiro atoms. The van der Waals surface area contributed by atoms with Crippen molar-refractivity contribution in [1.82, 2.24) is 15.5 Å². The number of fused-ring (bicyclic) bond motifs is 1. The van der Waals surface area contributed by atoms with E-state index in [9.17, 15) is 14.4 Å². The Morgan fingerprint density at radius 1 is 1.11 bits per heavy atom. The number of benzene rings is 1. The molecule has 0 radical (unpaired) electrons. The van der Waals surface area contributed by atoms with Crippen molar-refractivity contribution < 1.29 is 14.4 Å². The Morgan fingerprint density at radius 2 is 1.89 bits per heavy atom. The van der Waals surface area contributed by atoms with E-state index in [4.69, 9.17) is 0 Å². The number of likely N-dealkylation sites (N-methyl/N-ethyl adjacent to an activating group) is 1. The van der Waals surface area contributed by atoms with E-state index in [-0.39, 0.29) is 24.1 Å². The molecule has 3 N–H and O–H groups in total. The molecule has 3 amide bonds. The van der Waals surface area contributed by atoms with Crippen molar-refractivity contribution in [1.29, 1.82) is 0 Å². The van der Waals surface area contributed by atoms with E-state index in [1.165, 1.54) is 19.3 Å². The average molecular weight is 384 g/mol. The lowest BCUT2D eigenvalue weighted by molar-refractivity contribution is -0.136. The number of carbonyl (C=O) groups excluding carboxylic acids is 3. The molecule has 150 valence electrons. The SMILES string of the molecule is CCN[C@@H]1CCCC[C@@H]1Nc1ccc2c(c1)CN(C1CCC(=O)NC1=O)C2=O. The normalized spacial score (nSPS) is 27.5. The van der Waals surface area contributed by atoms with Crippen LogP contribution in [0.1, 0.15) is 61.4 Å². The second-order valence-electron chi connectivity index (χ2n) is 7.97. The number of imide groups is 1. The van der Waals surface area contributed by atoms with Crippen LogP contribution in [-0.4, -0.2) is 47.3 Å². The number of piperidine rings is 1. The second kappa shape index (κ2) is 7.91. The van der Waals surface area contributed by atoms with Gasteiger partial charge in [0.1, 0.15) is 6.04 Å². The summed E-state index contributed by atoms with van der Waals surface area (Å²) in [4.78, 5) is 37.9. The molecule has 3 atom stereocenters. The number of nitrogens with one attached hydrogen (secondary N) is 3. The third-order valence-electron chi connectivity index (χ3n) is 6.11. The maximum atomic E-state index is 12.8. The third kappa shape index (κ3) is 3.63. The summed E-state index contributed by atoms with van der Waals surface area (Å²) in [5.74, 6) is -0.759. The lowest BCUT2D eigenvalue weighted by Crippen LogP contribution is -2.52. The van der Waals surface area contributed by atoms with Crippen molar-refractivity contribution in [2.24, 2.45) is 0 Å². The van der Waals surface area contributed by atoms with Gasteiger partial charge in [-0.1, -0.05) is 19.8 Å². The van der Waals surface area contributed by atoms with Gasteiger partial charge in [-0.15, -0.1) is 0 Å². The molecular weight excluding hydrogens is 356 g/mol. The minimum atomic E-state index is -0.564. The molecule has 1 aliphatic carbocycles. The fraction of sp³-hybridized carbons (Fsp3) is 0.571. The Morgan fingerprint density at radius 3 is 2.64 bits per heavy atom. The van der Waals surface area contributed by atoms with Gasteiger partial charge in [0, 0.05) is 36.3 Å². The van der Waals surface area contributed by atoms with E-state index in [0.717, 1.165) is 24.2 Å². The van der Waals surface area contributed by atoms with Crippen molar-refractivity contribution in [3.8, 4) is 0 Å². The zero-order valence-corrected chi connectivity index (χ0v) is 16.3. The Balaban J connectivity index is 1.48. The fourth-order valence-corrected chi connectivity index (χ4v) is 4.69. The quantitative estimate of drug-likeness (QED) is 0.673. The van der Waals surface area contributed by atoms with Crippen LogP contribution >= 0.6 is 0 Å². The first-order valence-electron chi connectivity index (χ1n) is 10.3. The number of hydrogen-bond acceptors (Lipinski definition) is 5. The summed E-state index contributed by atoms with van der Waals surface area (Å²) in [6, 6.07) is 6.14. The van der Waals surface area contributed by atoms with Crippen molar-refractivity contribution >= 4 is 23.4 Å². The van der Waals surface area contributed by atoms with Crippen LogP contribution in [0, 0.1) is 0 Å². The van der Waals surface area contributed by atoms with Crippen LogP contribution in [0.15, 0.2) is 18.2 Å². The van der Waals surface area contributed by atoms with Crippen LogP contribution in [0.25, 0.3) is 0 Å². The number of amides is 3. The molecule has 1 unspecified atom stereocenters. The first-order chi connectivity index (χ1) is 13.6. The molecule has 1 aromatic rings. The van der Waals surface area contributed by atoms with Crippen LogP contribution < -0.4 is 16.0 Å². The van der Waals surface area contributed by atoms with E-state index in [1.54, 1.807) is 4.90 Å². The van der Waals surface area contributed by atoms with Crippen molar-refractivity contribution in [2.75, 3.05) is 11.9 Å². The molecule has 1 saturated carbocycles. The van der Waals surface area contributed by atoms with Gasteiger partial charge < -0.3 is 15.5 Å². The van der Waals surface area contributed by atoms with Crippen LogP contribution in [0.2, 0.25) is 0 Å². The number of anilines is 1. The molecule has 0 aromatic heterocycles. The molecule has 2 fully saturated rings. The standard InChI is InChI=1S/C21H28N4O3/c1-2-22-16-5-3-4-6-17(16)23-14-7-8-15-13(11-14)12-25(21(15)28)18-9-10-19(26)24-20(18)27/h7-8,11,16-18,22-23H,2-6,9-10,12H2,1H3,(H,24,26,27)/t16-,17+,18?/m1/s1. The minimum Gasteiger partial charge on any atom is -0.381 e. The van der Waals surface area contributed by atoms with E-state index in [1.807, 2.05) is 18.2 Å². The monoisotopic (exact) mass is 384 g/mol. The maximum Gasteiger partial charge on any atom is 0.255 e. The highest BCUT2D eigenvalue weighted by Gasteiger charge is 2.39. The zero-order valence-electron chi connectivity index (χ0n) is 16.3. The van der Waals surface area contributed by atoms with Gasteiger partial charge in [-0.05, 0) is 49.6 Å². The van der Waals surface area contributed by atoms with Crippen molar-refractivity contribution in [2.45, 2.75) is 70.1 Å². The van der Waals surface area contributed by atoms with Crippen LogP contribution in [0.4, 0.5) is 5.69 Å². The van der Waals surface area contributed by atoms with Gasteiger partial charge in [0.15, 0.2) is 0 Å². The highest BCUT2D eigenvalue weighted by Crippen LogP contribution is 2.30. The van der Waals surface area contributed by atoms with Crippen molar-refractivity contribution in [3.05, 3.63) is 29.3 Å². The van der Waals surface area contributed by atoms with Crippen LogP contribution in [0.3, 0.4) is 0 Å². The molecule has 1 saturated heterocycles. The Kier molecular flexibility index (Phi) is 5.35. The molecule has 7 heteroatoms. The van der Waals surface area contributed by atoms with Gasteiger partial charge in [0.2, 0.25) is 11.8 Å². The summed E-state index contributed by atoms with van der Waals surface area (Å²) >= 11 is 0. The molecular formula is C21H28N4O3. The highest BCUT2D eigenvalue weighted by atomic mass is 16.2. The summed E-state index contributed by atoms with van der Waals surface area (Å²) in [6.07, 6.45) is 5.47. The van der Waals surface area contributed by atoms with Gasteiger partial charge in [-0.3, -0.25) is 19.7 Å². The zero-order chi connectivity index (χ0) is 19.7. The van der Waals surface area contributed by atoms with Gasteiger partial charge >= 0.3 is 0 Å². The maximum absolute atomic E-state index is 12.8. The van der Waals surface area contributed by atoms with Gasteiger partial charge in [0.05, 0.1) is 0 Å². The summed E-state index contributed by atoms with van der Waals surface area (Å²) in [6.45, 7) is 3.51. The summed E-state index contributed by atoms with van der Waals surface area (Å²) < 4.78 is 0. The fourth-order valence-electron chi connectivity index (χ4n) is 4.69. The lowest BCUT2D eigenvalue weighted by atomic mass is 9.90. The topological polar surface area (TPSA) is 90.5 Å². The van der Waals surface area contributed by atoms with Crippen LogP contribution in [0.5, 0.6) is 0 Å². The second-order valence-corrected chi connectivity index (χ2v) is 7.97. The molecule has 0 bridgehead atoms. The first-order valence-corrected chi connectivity index (χ1v) is 10.3.